The number of hydrogen-bond acceptors (Lipinski definition) is 0. The molecule has 0 aromatic heterocycles. The van der Waals surface area contributed by atoms with Crippen molar-refractivity contribution in [1.29, 1.82) is 0 Å². The van der Waals surface area contributed by atoms with Crippen LogP contribution in [-0.2, 0) is 6.16 Å². The van der Waals surface area contributed by atoms with Crippen LogP contribution in [0.25, 0.3) is 0 Å². The average Bonchev–Trinajstić information content (AvgIpc) is 1.90. The second-order valence-electron chi connectivity index (χ2n) is 1.69. The first kappa shape index (κ1) is 13.5. The molecular formula is C7H12BrMgP. The Balaban J connectivity index is -0.0000000800. The molecule has 0 radical (unpaired) electrons. The van der Waals surface area contributed by atoms with E-state index in [-0.39, 0.29) is 42.9 Å². The van der Waals surface area contributed by atoms with Gasteiger partial charge in [0.25, 0.3) is 0 Å². The Morgan fingerprint density at radius 1 is 1.20 bits per heavy atom. The normalized spacial score (nSPS) is 7.30. The van der Waals surface area contributed by atoms with Gasteiger partial charge >= 0.3 is 23.1 Å². The van der Waals surface area contributed by atoms with Crippen molar-refractivity contribution in [3.8, 4) is 0 Å². The van der Waals surface area contributed by atoms with E-state index in [0.717, 1.165) is 6.16 Å². The van der Waals surface area contributed by atoms with E-state index in [1.54, 1.807) is 0 Å². The maximum Gasteiger partial charge on any atom is 2.00 e. The van der Waals surface area contributed by atoms with Gasteiger partial charge in [-0.3, -0.25) is 0 Å². The minimum absolute atomic E-state index is 0. The summed E-state index contributed by atoms with van der Waals surface area (Å²) < 4.78 is 0. The van der Waals surface area contributed by atoms with Crippen LogP contribution in [0, 0.1) is 0 Å². The Morgan fingerprint density at radius 3 is 2.00 bits per heavy atom. The van der Waals surface area contributed by atoms with E-state index in [0.29, 0.717) is 0 Å². The van der Waals surface area contributed by atoms with Crippen LogP contribution in [0.5, 0.6) is 0 Å². The molecule has 0 amide bonds. The van der Waals surface area contributed by atoms with Crippen LogP contribution in [0.15, 0.2) is 30.3 Å². The molecule has 10 heavy (non-hydrogen) atoms. The summed E-state index contributed by atoms with van der Waals surface area (Å²) in [5.74, 6) is 0. The van der Waals surface area contributed by atoms with E-state index in [1.807, 2.05) is 6.07 Å². The Morgan fingerprint density at radius 2 is 1.70 bits per heavy atom. The van der Waals surface area contributed by atoms with Crippen LogP contribution in [-0.4, -0.2) is 23.1 Å². The Bertz CT molecular complexity index is 163. The van der Waals surface area contributed by atoms with Gasteiger partial charge in [0.05, 0.1) is 0 Å². The van der Waals surface area contributed by atoms with Crippen molar-refractivity contribution in [3.63, 3.8) is 0 Å². The number of benzene rings is 1. The standard InChI is InChI=1S/C7H9P.BrH.Mg.2H/c8-6-7-4-2-1-3-5-7;;;;/h1-5H,6,8H2;1H;;;/q;;+2;2*-1. The molecule has 0 fully saturated rings. The molecule has 1 aromatic carbocycles. The molecule has 54 valence electrons. The Labute approximate surface area is 93.9 Å². The minimum Gasteiger partial charge on any atom is -1.00 e. The van der Waals surface area contributed by atoms with Crippen molar-refractivity contribution in [2.24, 2.45) is 0 Å². The number of rotatable bonds is 1. The van der Waals surface area contributed by atoms with E-state index in [2.05, 4.69) is 33.5 Å². The Kier molecular flexibility index (Phi) is 10.8. The van der Waals surface area contributed by atoms with Crippen LogP contribution < -0.4 is 0 Å². The fourth-order valence-corrected chi connectivity index (χ4v) is 0.886. The van der Waals surface area contributed by atoms with Gasteiger partial charge in [0.2, 0.25) is 0 Å². The molecule has 0 aliphatic heterocycles. The van der Waals surface area contributed by atoms with E-state index in [1.165, 1.54) is 5.56 Å². The van der Waals surface area contributed by atoms with Gasteiger partial charge in [0.15, 0.2) is 0 Å². The zero-order chi connectivity index (χ0) is 5.82. The molecule has 0 aliphatic carbocycles. The van der Waals surface area contributed by atoms with Crippen molar-refractivity contribution in [2.45, 2.75) is 6.16 Å². The van der Waals surface area contributed by atoms with Gasteiger partial charge < -0.3 is 2.85 Å². The molecular weight excluding hydrogens is 219 g/mol. The second kappa shape index (κ2) is 8.00. The first-order valence-corrected chi connectivity index (χ1v) is 3.49. The first-order valence-electron chi connectivity index (χ1n) is 2.67. The van der Waals surface area contributed by atoms with E-state index < -0.39 is 0 Å². The second-order valence-corrected chi connectivity index (χ2v) is 2.10. The van der Waals surface area contributed by atoms with Crippen LogP contribution in [0.4, 0.5) is 0 Å². The fraction of sp³-hybridized carbons (Fsp3) is 0.143. The quantitative estimate of drug-likeness (QED) is 0.514. The zero-order valence-electron chi connectivity index (χ0n) is 7.79. The summed E-state index contributed by atoms with van der Waals surface area (Å²) >= 11 is 0. The van der Waals surface area contributed by atoms with Gasteiger partial charge in [-0.2, -0.15) is 0 Å². The fourth-order valence-electron chi connectivity index (χ4n) is 0.614. The maximum atomic E-state index is 2.69. The van der Waals surface area contributed by atoms with Crippen LogP contribution in [0.1, 0.15) is 8.42 Å². The average molecular weight is 231 g/mol. The zero-order valence-corrected chi connectivity index (χ0v) is 10.1. The van der Waals surface area contributed by atoms with Crippen molar-refractivity contribution < 1.29 is 2.85 Å². The summed E-state index contributed by atoms with van der Waals surface area (Å²) in [7, 11) is 2.69. The predicted octanol–water partition coefficient (Wildman–Crippen LogP) is 2.48. The van der Waals surface area contributed by atoms with Gasteiger partial charge in [-0.15, -0.1) is 26.2 Å². The molecule has 1 atom stereocenters. The van der Waals surface area contributed by atoms with Gasteiger partial charge in [-0.1, -0.05) is 30.3 Å². The van der Waals surface area contributed by atoms with Gasteiger partial charge in [0.1, 0.15) is 0 Å². The summed E-state index contributed by atoms with van der Waals surface area (Å²) in [4.78, 5) is 0. The Hall–Kier alpha value is 0.896. The summed E-state index contributed by atoms with van der Waals surface area (Å²) in [5.41, 5.74) is 1.37. The van der Waals surface area contributed by atoms with Gasteiger partial charge in [0, 0.05) is 0 Å². The molecule has 1 unspecified atom stereocenters. The summed E-state index contributed by atoms with van der Waals surface area (Å²) in [5, 5.41) is 0. The molecule has 1 rings (SSSR count). The summed E-state index contributed by atoms with van der Waals surface area (Å²) in [6, 6.07) is 10.4. The van der Waals surface area contributed by atoms with Crippen molar-refractivity contribution in [3.05, 3.63) is 35.9 Å². The van der Waals surface area contributed by atoms with E-state index >= 15 is 0 Å². The third-order valence-electron chi connectivity index (χ3n) is 1.08. The van der Waals surface area contributed by atoms with Crippen LogP contribution in [0.3, 0.4) is 0 Å². The first-order chi connectivity index (χ1) is 3.93. The topological polar surface area (TPSA) is 0 Å². The molecule has 1 aromatic rings. The van der Waals surface area contributed by atoms with Crippen molar-refractivity contribution >= 4 is 49.3 Å². The summed E-state index contributed by atoms with van der Waals surface area (Å²) in [6.45, 7) is 0. The van der Waals surface area contributed by atoms with E-state index in [4.69, 9.17) is 0 Å². The van der Waals surface area contributed by atoms with Gasteiger partial charge in [-0.25, -0.2) is 0 Å². The van der Waals surface area contributed by atoms with E-state index in [9.17, 15) is 0 Å². The molecule has 0 bridgehead atoms. The predicted molar refractivity (Wildman–Crippen MR) is 58.2 cm³/mol. The van der Waals surface area contributed by atoms with Crippen molar-refractivity contribution in [2.75, 3.05) is 0 Å². The molecule has 0 spiro atoms. The van der Waals surface area contributed by atoms with Crippen molar-refractivity contribution in [1.82, 2.24) is 0 Å². The molecule has 3 heteroatoms. The summed E-state index contributed by atoms with van der Waals surface area (Å²) in [6.07, 6.45) is 1.06. The number of hydrogen-bond donors (Lipinski definition) is 0. The number of halogens is 1. The van der Waals surface area contributed by atoms with Crippen LogP contribution in [0.2, 0.25) is 0 Å². The van der Waals surface area contributed by atoms with Gasteiger partial charge in [-0.05, 0) is 11.7 Å². The molecule has 0 saturated carbocycles. The van der Waals surface area contributed by atoms with Crippen LogP contribution >= 0.6 is 26.2 Å². The maximum absolute atomic E-state index is 2.69. The molecule has 0 heterocycles. The molecule has 0 saturated heterocycles. The largest absolute Gasteiger partial charge is 2.00 e. The third-order valence-corrected chi connectivity index (χ3v) is 1.55. The molecule has 0 N–H and O–H groups in total. The molecule has 0 aliphatic rings. The monoisotopic (exact) mass is 230 g/mol. The minimum atomic E-state index is 0. The SMILES string of the molecule is Br.PCc1ccccc1.[H-].[H-].[Mg+2]. The third kappa shape index (κ3) is 4.67. The molecule has 0 nitrogen and oxygen atoms in total. The smallest absolute Gasteiger partial charge is 1.00 e.